The molecule has 0 spiro atoms. The largest absolute Gasteiger partial charge is 0.468 e. The number of ether oxygens (including phenoxy) is 1. The van der Waals surface area contributed by atoms with Crippen LogP contribution in [0.2, 0.25) is 0 Å². The number of nitriles is 1. The first-order valence-electron chi connectivity index (χ1n) is 5.73. The van der Waals surface area contributed by atoms with E-state index in [-0.39, 0.29) is 13.1 Å². The van der Waals surface area contributed by atoms with Crippen LogP contribution in [0.25, 0.3) is 6.08 Å². The molecule has 0 radical (unpaired) electrons. The predicted molar refractivity (Wildman–Crippen MR) is 69.6 cm³/mol. The van der Waals surface area contributed by atoms with Crippen molar-refractivity contribution in [3.05, 3.63) is 41.7 Å². The molecule has 0 saturated carbocycles. The molecule has 0 unspecified atom stereocenters. The van der Waals surface area contributed by atoms with Gasteiger partial charge in [-0.2, -0.15) is 5.26 Å². The van der Waals surface area contributed by atoms with Gasteiger partial charge in [-0.3, -0.25) is 9.59 Å². The zero-order valence-corrected chi connectivity index (χ0v) is 10.9. The number of rotatable bonds is 5. The Morgan fingerprint density at radius 3 is 2.85 bits per heavy atom. The molecule has 6 heteroatoms. The van der Waals surface area contributed by atoms with Crippen molar-refractivity contribution in [2.75, 3.05) is 20.2 Å². The number of esters is 1. The first kappa shape index (κ1) is 15.4. The Morgan fingerprint density at radius 2 is 2.25 bits per heavy atom. The second-order valence-electron chi connectivity index (χ2n) is 3.82. The maximum absolute atomic E-state index is 13.0. The smallest absolute Gasteiger partial charge is 0.325 e. The van der Waals surface area contributed by atoms with Gasteiger partial charge >= 0.3 is 5.97 Å². The van der Waals surface area contributed by atoms with Gasteiger partial charge < -0.3 is 9.64 Å². The third-order valence-corrected chi connectivity index (χ3v) is 2.39. The minimum absolute atomic E-state index is 0.235. The molecule has 5 nitrogen and oxygen atoms in total. The quantitative estimate of drug-likeness (QED) is 0.462. The van der Waals surface area contributed by atoms with Crippen molar-refractivity contribution in [3.63, 3.8) is 0 Å². The number of carbonyl (C=O) groups is 2. The molecular weight excluding hydrogens is 263 g/mol. The van der Waals surface area contributed by atoms with Gasteiger partial charge in [-0.25, -0.2) is 4.39 Å². The molecule has 0 aliphatic heterocycles. The molecule has 104 valence electrons. The second kappa shape index (κ2) is 7.69. The van der Waals surface area contributed by atoms with Gasteiger partial charge in [-0.15, -0.1) is 0 Å². The van der Waals surface area contributed by atoms with Gasteiger partial charge in [-0.1, -0.05) is 12.1 Å². The Balaban J connectivity index is 2.75. The number of amides is 1. The summed E-state index contributed by atoms with van der Waals surface area (Å²) in [6, 6.07) is 7.48. The maximum atomic E-state index is 13.0. The average Bonchev–Trinajstić information content (AvgIpc) is 2.44. The number of halogens is 1. The van der Waals surface area contributed by atoms with Crippen LogP contribution in [0.15, 0.2) is 30.3 Å². The summed E-state index contributed by atoms with van der Waals surface area (Å²) in [6.45, 7) is -0.544. The summed E-state index contributed by atoms with van der Waals surface area (Å²) in [6.07, 6.45) is 2.59. The molecule has 0 aromatic heterocycles. The van der Waals surface area contributed by atoms with Gasteiger partial charge in [-0.05, 0) is 23.8 Å². The van der Waals surface area contributed by atoms with E-state index in [2.05, 4.69) is 4.74 Å². The lowest BCUT2D eigenvalue weighted by Gasteiger charge is -2.15. The molecular formula is C14H13FN2O3. The number of hydrogen-bond donors (Lipinski definition) is 0. The third-order valence-electron chi connectivity index (χ3n) is 2.39. The number of hydrogen-bond acceptors (Lipinski definition) is 4. The standard InChI is InChI=1S/C14H13FN2O3/c1-20-14(19)10-17(8-7-16)13(18)6-5-11-3-2-4-12(15)9-11/h2-6,9H,8,10H2,1H3/b6-5+. The average molecular weight is 276 g/mol. The van der Waals surface area contributed by atoms with E-state index in [0.29, 0.717) is 5.56 Å². The SMILES string of the molecule is COC(=O)CN(CC#N)C(=O)/C=C/c1cccc(F)c1. The molecule has 0 N–H and O–H groups in total. The monoisotopic (exact) mass is 276 g/mol. The lowest BCUT2D eigenvalue weighted by molar-refractivity contribution is -0.145. The van der Waals surface area contributed by atoms with E-state index in [1.54, 1.807) is 12.1 Å². The van der Waals surface area contributed by atoms with Crippen LogP contribution in [-0.4, -0.2) is 37.0 Å². The van der Waals surface area contributed by atoms with E-state index in [0.717, 1.165) is 4.90 Å². The Labute approximate surface area is 115 Å². The van der Waals surface area contributed by atoms with Gasteiger partial charge in [0.05, 0.1) is 13.2 Å². The van der Waals surface area contributed by atoms with E-state index in [1.165, 1.54) is 37.5 Å². The normalized spacial score (nSPS) is 10.1. The summed E-state index contributed by atoms with van der Waals surface area (Å²) in [4.78, 5) is 24.0. The van der Waals surface area contributed by atoms with Crippen LogP contribution in [0.3, 0.4) is 0 Å². The summed E-state index contributed by atoms with van der Waals surface area (Å²) >= 11 is 0. The molecule has 0 saturated heterocycles. The lowest BCUT2D eigenvalue weighted by Crippen LogP contribution is -2.35. The Kier molecular flexibility index (Phi) is 5.91. The first-order valence-corrected chi connectivity index (χ1v) is 5.73. The van der Waals surface area contributed by atoms with Crippen LogP contribution in [0, 0.1) is 17.1 Å². The summed E-state index contributed by atoms with van der Waals surface area (Å²) < 4.78 is 17.4. The van der Waals surface area contributed by atoms with Crippen molar-refractivity contribution in [1.29, 1.82) is 5.26 Å². The fourth-order valence-electron chi connectivity index (χ4n) is 1.40. The second-order valence-corrected chi connectivity index (χ2v) is 3.82. The highest BCUT2D eigenvalue weighted by Crippen LogP contribution is 2.06. The van der Waals surface area contributed by atoms with Crippen molar-refractivity contribution in [3.8, 4) is 6.07 Å². The molecule has 1 amide bonds. The van der Waals surface area contributed by atoms with Gasteiger partial charge in [0.1, 0.15) is 18.9 Å². The lowest BCUT2D eigenvalue weighted by atomic mass is 10.2. The molecule has 0 bridgehead atoms. The third kappa shape index (κ3) is 4.90. The summed E-state index contributed by atoms with van der Waals surface area (Å²) in [5.41, 5.74) is 0.508. The zero-order valence-electron chi connectivity index (χ0n) is 10.9. The van der Waals surface area contributed by atoms with Crippen LogP contribution in [0.5, 0.6) is 0 Å². The van der Waals surface area contributed by atoms with E-state index in [4.69, 9.17) is 5.26 Å². The molecule has 0 aliphatic carbocycles. The van der Waals surface area contributed by atoms with Gasteiger partial charge in [0.15, 0.2) is 0 Å². The van der Waals surface area contributed by atoms with E-state index >= 15 is 0 Å². The van der Waals surface area contributed by atoms with Crippen molar-refractivity contribution in [1.82, 2.24) is 4.90 Å². The minimum Gasteiger partial charge on any atom is -0.468 e. The highest BCUT2D eigenvalue weighted by atomic mass is 19.1. The number of nitrogens with zero attached hydrogens (tertiary/aromatic N) is 2. The van der Waals surface area contributed by atoms with Crippen LogP contribution in [-0.2, 0) is 14.3 Å². The molecule has 1 rings (SSSR count). The van der Waals surface area contributed by atoms with E-state index < -0.39 is 17.7 Å². The highest BCUT2D eigenvalue weighted by molar-refractivity contribution is 5.93. The molecule has 1 aromatic rings. The van der Waals surface area contributed by atoms with Gasteiger partial charge in [0.25, 0.3) is 0 Å². The van der Waals surface area contributed by atoms with E-state index in [1.807, 2.05) is 0 Å². The molecule has 0 atom stereocenters. The maximum Gasteiger partial charge on any atom is 0.325 e. The molecule has 1 aromatic carbocycles. The first-order chi connectivity index (χ1) is 9.56. The zero-order chi connectivity index (χ0) is 15.0. The summed E-state index contributed by atoms with van der Waals surface area (Å²) in [7, 11) is 1.19. The number of methoxy groups -OCH3 is 1. The van der Waals surface area contributed by atoms with Crippen molar-refractivity contribution in [2.45, 2.75) is 0 Å². The summed E-state index contributed by atoms with van der Waals surface area (Å²) in [5.74, 6) is -1.56. The van der Waals surface area contributed by atoms with Gasteiger partial charge in [0, 0.05) is 6.08 Å². The fourth-order valence-corrected chi connectivity index (χ4v) is 1.40. The Morgan fingerprint density at radius 1 is 1.50 bits per heavy atom. The number of benzene rings is 1. The van der Waals surface area contributed by atoms with Gasteiger partial charge in [0.2, 0.25) is 5.91 Å². The predicted octanol–water partition coefficient (Wildman–Crippen LogP) is 1.36. The van der Waals surface area contributed by atoms with Crippen molar-refractivity contribution in [2.24, 2.45) is 0 Å². The molecule has 0 aliphatic rings. The minimum atomic E-state index is -0.618. The summed E-state index contributed by atoms with van der Waals surface area (Å²) in [5, 5.41) is 8.62. The van der Waals surface area contributed by atoms with Crippen LogP contribution in [0.1, 0.15) is 5.56 Å². The van der Waals surface area contributed by atoms with Crippen molar-refractivity contribution >= 4 is 18.0 Å². The van der Waals surface area contributed by atoms with Crippen LogP contribution < -0.4 is 0 Å². The molecule has 0 heterocycles. The topological polar surface area (TPSA) is 70.4 Å². The Hall–Kier alpha value is -2.68. The van der Waals surface area contributed by atoms with E-state index in [9.17, 15) is 14.0 Å². The Bertz CT molecular complexity index is 564. The molecule has 20 heavy (non-hydrogen) atoms. The fraction of sp³-hybridized carbons (Fsp3) is 0.214. The van der Waals surface area contributed by atoms with Crippen LogP contribution in [0.4, 0.5) is 4.39 Å². The molecule has 0 fully saturated rings. The highest BCUT2D eigenvalue weighted by Gasteiger charge is 2.14. The van der Waals surface area contributed by atoms with Crippen LogP contribution >= 0.6 is 0 Å². The van der Waals surface area contributed by atoms with Crippen molar-refractivity contribution < 1.29 is 18.7 Å². The number of carbonyl (C=O) groups excluding carboxylic acids is 2.